The number of phenols is 2. The number of para-hydroxylation sites is 1. The number of benzene rings is 2. The number of aromatic hydroxyl groups is 2. The van der Waals surface area contributed by atoms with Crippen LogP contribution in [-0.4, -0.2) is 57.7 Å². The van der Waals surface area contributed by atoms with E-state index >= 15 is 0 Å². The van der Waals surface area contributed by atoms with E-state index in [1.165, 1.54) is 18.3 Å². The maximum Gasteiger partial charge on any atom is 0.232 e. The molecule has 0 aliphatic carbocycles. The lowest BCUT2D eigenvalue weighted by atomic mass is 10.2. The third-order valence-corrected chi connectivity index (χ3v) is 4.47. The van der Waals surface area contributed by atoms with E-state index in [9.17, 15) is 10.2 Å². The number of aromatic nitrogens is 3. The van der Waals surface area contributed by atoms with Crippen LogP contribution < -0.4 is 10.2 Å². The predicted molar refractivity (Wildman–Crippen MR) is 114 cm³/mol. The number of aliphatic imine (C=N–C) groups is 1. The second kappa shape index (κ2) is 9.19. The third-order valence-electron chi connectivity index (χ3n) is 4.47. The minimum Gasteiger partial charge on any atom is -0.508 e. The molecule has 2 heterocycles. The summed E-state index contributed by atoms with van der Waals surface area (Å²) in [5, 5.41) is 22.5. The van der Waals surface area contributed by atoms with Gasteiger partial charge in [-0.2, -0.15) is 15.0 Å². The molecule has 9 heteroatoms. The van der Waals surface area contributed by atoms with Crippen LogP contribution in [0, 0.1) is 0 Å². The Morgan fingerprint density at radius 1 is 1.03 bits per heavy atom. The number of hydrogen-bond acceptors (Lipinski definition) is 9. The average molecular weight is 406 g/mol. The number of nitrogens with one attached hydrogen (secondary N) is 1. The van der Waals surface area contributed by atoms with E-state index in [1.807, 2.05) is 30.3 Å². The van der Waals surface area contributed by atoms with Crippen LogP contribution in [0.2, 0.25) is 0 Å². The number of nitrogens with zero attached hydrogens (tertiary/aromatic N) is 5. The number of ether oxygens (including phenoxy) is 1. The van der Waals surface area contributed by atoms with Crippen LogP contribution in [0.3, 0.4) is 0 Å². The van der Waals surface area contributed by atoms with E-state index in [1.54, 1.807) is 6.07 Å². The van der Waals surface area contributed by atoms with Gasteiger partial charge < -0.3 is 25.2 Å². The summed E-state index contributed by atoms with van der Waals surface area (Å²) in [7, 11) is 0. The van der Waals surface area contributed by atoms with Gasteiger partial charge in [0.15, 0.2) is 5.82 Å². The maximum absolute atomic E-state index is 9.89. The first-order chi connectivity index (χ1) is 14.7. The molecule has 4 rings (SSSR count). The molecule has 0 unspecified atom stereocenters. The van der Waals surface area contributed by atoms with Gasteiger partial charge in [-0.3, -0.25) is 4.99 Å². The monoisotopic (exact) mass is 406 g/mol. The Hall–Kier alpha value is -3.72. The first-order valence-electron chi connectivity index (χ1n) is 9.59. The van der Waals surface area contributed by atoms with Crippen molar-refractivity contribution in [1.82, 2.24) is 15.0 Å². The highest BCUT2D eigenvalue weighted by atomic mass is 16.5. The van der Waals surface area contributed by atoms with Gasteiger partial charge in [-0.15, -0.1) is 0 Å². The van der Waals surface area contributed by atoms with Gasteiger partial charge in [-0.25, -0.2) is 0 Å². The summed E-state index contributed by atoms with van der Waals surface area (Å²) in [6.45, 7) is 2.88. The molecule has 1 fully saturated rings. The molecule has 9 nitrogen and oxygen atoms in total. The summed E-state index contributed by atoms with van der Waals surface area (Å²) in [6, 6.07) is 14.0. The van der Waals surface area contributed by atoms with E-state index in [-0.39, 0.29) is 18.0 Å². The lowest BCUT2D eigenvalue weighted by molar-refractivity contribution is 0.122. The summed E-state index contributed by atoms with van der Waals surface area (Å²) in [5.74, 6) is 1.46. The number of rotatable bonds is 6. The van der Waals surface area contributed by atoms with Crippen molar-refractivity contribution in [2.24, 2.45) is 4.99 Å². The van der Waals surface area contributed by atoms with Gasteiger partial charge in [0.25, 0.3) is 0 Å². The van der Waals surface area contributed by atoms with Crippen molar-refractivity contribution in [2.45, 2.75) is 6.54 Å². The lowest BCUT2D eigenvalue weighted by Gasteiger charge is -2.27. The standard InChI is InChI=1S/C21H22N6O3/c28-17-7-6-15(18(29)12-17)13-22-14-19-24-20(23-16-4-2-1-3-5-16)26-21(25-19)27-8-10-30-11-9-27/h1-7,12-13,28-29H,8-11,14H2,(H,23,24,25,26). The van der Waals surface area contributed by atoms with Gasteiger partial charge in [-0.1, -0.05) is 18.2 Å². The third kappa shape index (κ3) is 5.00. The molecule has 154 valence electrons. The Balaban J connectivity index is 1.57. The van der Waals surface area contributed by atoms with Gasteiger partial charge in [-0.05, 0) is 24.3 Å². The van der Waals surface area contributed by atoms with E-state index in [0.29, 0.717) is 49.6 Å². The molecule has 1 aliphatic heterocycles. The quantitative estimate of drug-likeness (QED) is 0.535. The number of phenolic OH excluding ortho intramolecular Hbond substituents is 2. The maximum atomic E-state index is 9.89. The highest BCUT2D eigenvalue weighted by Crippen LogP contribution is 2.21. The molecular formula is C21H22N6O3. The lowest BCUT2D eigenvalue weighted by Crippen LogP contribution is -2.37. The Kier molecular flexibility index (Phi) is 6.00. The number of anilines is 3. The highest BCUT2D eigenvalue weighted by Gasteiger charge is 2.16. The molecule has 0 atom stereocenters. The van der Waals surface area contributed by atoms with E-state index in [0.717, 1.165) is 5.69 Å². The summed E-state index contributed by atoms with van der Waals surface area (Å²) < 4.78 is 5.42. The average Bonchev–Trinajstić information content (AvgIpc) is 2.76. The largest absolute Gasteiger partial charge is 0.508 e. The van der Waals surface area contributed by atoms with Crippen LogP contribution in [0.15, 0.2) is 53.5 Å². The van der Waals surface area contributed by atoms with Crippen molar-refractivity contribution in [3.63, 3.8) is 0 Å². The van der Waals surface area contributed by atoms with Crippen LogP contribution in [0.4, 0.5) is 17.6 Å². The molecule has 0 bridgehead atoms. The fraction of sp³-hybridized carbons (Fsp3) is 0.238. The summed E-state index contributed by atoms with van der Waals surface area (Å²) in [4.78, 5) is 20.0. The molecule has 0 amide bonds. The van der Waals surface area contributed by atoms with Gasteiger partial charge in [0, 0.05) is 36.6 Å². The molecule has 1 aromatic heterocycles. The van der Waals surface area contributed by atoms with Gasteiger partial charge in [0.2, 0.25) is 11.9 Å². The van der Waals surface area contributed by atoms with Crippen LogP contribution in [0.25, 0.3) is 0 Å². The van der Waals surface area contributed by atoms with Crippen LogP contribution in [-0.2, 0) is 11.3 Å². The van der Waals surface area contributed by atoms with Crippen LogP contribution >= 0.6 is 0 Å². The first-order valence-corrected chi connectivity index (χ1v) is 9.59. The number of hydrogen-bond donors (Lipinski definition) is 3. The summed E-state index contributed by atoms with van der Waals surface area (Å²) in [5.41, 5.74) is 1.37. The van der Waals surface area contributed by atoms with Crippen molar-refractivity contribution < 1.29 is 14.9 Å². The van der Waals surface area contributed by atoms with Crippen LogP contribution in [0.5, 0.6) is 11.5 Å². The van der Waals surface area contributed by atoms with E-state index in [2.05, 4.69) is 30.2 Å². The highest BCUT2D eigenvalue weighted by molar-refractivity contribution is 5.83. The Morgan fingerprint density at radius 3 is 2.60 bits per heavy atom. The zero-order valence-electron chi connectivity index (χ0n) is 16.3. The smallest absolute Gasteiger partial charge is 0.232 e. The summed E-state index contributed by atoms with van der Waals surface area (Å²) in [6.07, 6.45) is 1.53. The van der Waals surface area contributed by atoms with Crippen LogP contribution in [0.1, 0.15) is 11.4 Å². The van der Waals surface area contributed by atoms with Crippen molar-refractivity contribution >= 4 is 23.8 Å². The normalized spacial score (nSPS) is 14.2. The van der Waals surface area contributed by atoms with E-state index < -0.39 is 0 Å². The molecule has 1 aliphatic rings. The molecule has 2 aromatic carbocycles. The minimum atomic E-state index is -0.0464. The predicted octanol–water partition coefficient (Wildman–Crippen LogP) is 2.48. The zero-order chi connectivity index (χ0) is 20.8. The Bertz CT molecular complexity index is 1020. The molecular weight excluding hydrogens is 384 g/mol. The molecule has 3 N–H and O–H groups in total. The van der Waals surface area contributed by atoms with Crippen molar-refractivity contribution in [3.8, 4) is 11.5 Å². The Labute approximate surface area is 173 Å². The molecule has 3 aromatic rings. The van der Waals surface area contributed by atoms with Crippen molar-refractivity contribution in [3.05, 3.63) is 59.9 Å². The minimum absolute atomic E-state index is 0.00565. The molecule has 0 saturated carbocycles. The number of morpholine rings is 1. The van der Waals surface area contributed by atoms with Gasteiger partial charge in [0.05, 0.1) is 19.8 Å². The van der Waals surface area contributed by atoms with Gasteiger partial charge >= 0.3 is 0 Å². The first kappa shape index (κ1) is 19.6. The fourth-order valence-corrected chi connectivity index (χ4v) is 2.96. The second-order valence-electron chi connectivity index (χ2n) is 6.68. The zero-order valence-corrected chi connectivity index (χ0v) is 16.3. The SMILES string of the molecule is Oc1ccc(C=NCc2nc(Nc3ccccc3)nc(N3CCOCC3)n2)c(O)c1. The second-order valence-corrected chi connectivity index (χ2v) is 6.68. The summed E-state index contributed by atoms with van der Waals surface area (Å²) >= 11 is 0. The molecule has 30 heavy (non-hydrogen) atoms. The Morgan fingerprint density at radius 2 is 1.83 bits per heavy atom. The van der Waals surface area contributed by atoms with E-state index in [4.69, 9.17) is 4.74 Å². The molecule has 1 saturated heterocycles. The molecule has 0 radical (unpaired) electrons. The van der Waals surface area contributed by atoms with Crippen molar-refractivity contribution in [2.75, 3.05) is 36.5 Å². The van der Waals surface area contributed by atoms with Crippen molar-refractivity contribution in [1.29, 1.82) is 0 Å². The topological polar surface area (TPSA) is 116 Å². The van der Waals surface area contributed by atoms with Gasteiger partial charge in [0.1, 0.15) is 11.5 Å². The molecule has 0 spiro atoms. The fourth-order valence-electron chi connectivity index (χ4n) is 2.96.